The number of aliphatic hydroxyl groups is 3. The normalized spacial score (nSPS) is 33.2. The lowest BCUT2D eigenvalue weighted by molar-refractivity contribution is -0.148. The van der Waals surface area contributed by atoms with Crippen molar-refractivity contribution in [3.05, 3.63) is 35.4 Å². The molecule has 5 N–H and O–H groups in total. The zero-order valence-electron chi connectivity index (χ0n) is 10.7. The van der Waals surface area contributed by atoms with E-state index in [1.807, 2.05) is 0 Å². The minimum Gasteiger partial charge on any atom is -0.394 e. The van der Waals surface area contributed by atoms with Gasteiger partial charge in [-0.05, 0) is 6.07 Å². The number of nitrogens with two attached hydrogens (primary N) is 1. The van der Waals surface area contributed by atoms with Gasteiger partial charge in [0.2, 0.25) is 0 Å². The number of anilines is 1. The van der Waals surface area contributed by atoms with Crippen LogP contribution in [0.25, 0.3) is 0 Å². The van der Waals surface area contributed by atoms with Gasteiger partial charge in [-0.1, -0.05) is 6.08 Å². The summed E-state index contributed by atoms with van der Waals surface area (Å²) in [6, 6.07) is 1.38. The third-order valence-corrected chi connectivity index (χ3v) is 3.37. The molecule has 20 heavy (non-hydrogen) atoms. The number of aromatic nitrogens is 2. The summed E-state index contributed by atoms with van der Waals surface area (Å²) in [5.41, 5.74) is 3.13. The Morgan fingerprint density at radius 2 is 2.30 bits per heavy atom. The maximum atomic E-state index is 12.0. The number of rotatable bonds is 4. The van der Waals surface area contributed by atoms with E-state index in [1.165, 1.54) is 18.3 Å². The lowest BCUT2D eigenvalue weighted by Gasteiger charge is -2.32. The van der Waals surface area contributed by atoms with Crippen LogP contribution < -0.4 is 11.4 Å². The summed E-state index contributed by atoms with van der Waals surface area (Å²) in [6.45, 7) is 3.06. The first-order chi connectivity index (χ1) is 9.46. The minimum absolute atomic E-state index is 0.0340. The highest BCUT2D eigenvalue weighted by Gasteiger charge is 2.55. The molecular weight excluding hydrogens is 266 g/mol. The number of nitrogens with zero attached hydrogens (tertiary/aromatic N) is 2. The van der Waals surface area contributed by atoms with Crippen LogP contribution in [0.2, 0.25) is 0 Å². The zero-order chi connectivity index (χ0) is 14.9. The topological polar surface area (TPSA) is 131 Å². The Kier molecular flexibility index (Phi) is 3.91. The molecule has 0 saturated carbocycles. The Hall–Kier alpha value is -1.74. The summed E-state index contributed by atoms with van der Waals surface area (Å²) in [5.74, 6) is 0.0340. The smallest absolute Gasteiger partial charge is 0.351 e. The van der Waals surface area contributed by atoms with Crippen LogP contribution in [-0.2, 0) is 10.5 Å². The molecule has 2 heterocycles. The fraction of sp³-hybridized carbons (Fsp3) is 0.500. The Morgan fingerprint density at radius 3 is 2.80 bits per heavy atom. The SMILES string of the molecule is C=CC[C@@]1(n2ccc(N)nc2=O)O[C@H](CO)[C@@H](O)[C@H]1O. The summed E-state index contributed by atoms with van der Waals surface area (Å²) in [5, 5.41) is 29.3. The zero-order valence-corrected chi connectivity index (χ0v) is 10.7. The largest absolute Gasteiger partial charge is 0.394 e. The van der Waals surface area contributed by atoms with Crippen LogP contribution in [0.3, 0.4) is 0 Å². The second-order valence-electron chi connectivity index (χ2n) is 4.62. The van der Waals surface area contributed by atoms with Crippen molar-refractivity contribution in [2.24, 2.45) is 0 Å². The summed E-state index contributed by atoms with van der Waals surface area (Å²) in [6.07, 6.45) is -0.935. The lowest BCUT2D eigenvalue weighted by atomic mass is 9.99. The molecule has 2 rings (SSSR count). The van der Waals surface area contributed by atoms with Gasteiger partial charge in [0.1, 0.15) is 24.1 Å². The van der Waals surface area contributed by atoms with Gasteiger partial charge >= 0.3 is 5.69 Å². The van der Waals surface area contributed by atoms with Crippen LogP contribution >= 0.6 is 0 Å². The Morgan fingerprint density at radius 1 is 1.60 bits per heavy atom. The minimum atomic E-state index is -1.56. The van der Waals surface area contributed by atoms with Crippen molar-refractivity contribution in [1.82, 2.24) is 9.55 Å². The molecule has 0 aliphatic carbocycles. The van der Waals surface area contributed by atoms with E-state index in [9.17, 15) is 20.1 Å². The van der Waals surface area contributed by atoms with Crippen LogP contribution in [0, 0.1) is 0 Å². The number of aliphatic hydroxyl groups excluding tert-OH is 3. The summed E-state index contributed by atoms with van der Waals surface area (Å²) >= 11 is 0. The maximum Gasteiger partial charge on any atom is 0.351 e. The molecule has 0 aromatic carbocycles. The number of nitrogen functional groups attached to an aromatic ring is 1. The molecule has 1 saturated heterocycles. The molecule has 1 aliphatic heterocycles. The molecule has 8 nitrogen and oxygen atoms in total. The van der Waals surface area contributed by atoms with Crippen LogP contribution in [0.1, 0.15) is 6.42 Å². The van der Waals surface area contributed by atoms with E-state index in [2.05, 4.69) is 11.6 Å². The quantitative estimate of drug-likeness (QED) is 0.478. The number of hydrogen-bond acceptors (Lipinski definition) is 7. The fourth-order valence-corrected chi connectivity index (χ4v) is 2.39. The first-order valence-corrected chi connectivity index (χ1v) is 6.07. The van der Waals surface area contributed by atoms with Gasteiger partial charge in [0.05, 0.1) is 6.61 Å². The van der Waals surface area contributed by atoms with Gasteiger partial charge in [-0.25, -0.2) is 4.79 Å². The molecule has 4 atom stereocenters. The van der Waals surface area contributed by atoms with E-state index in [0.29, 0.717) is 0 Å². The molecule has 8 heteroatoms. The predicted molar refractivity (Wildman–Crippen MR) is 69.7 cm³/mol. The average Bonchev–Trinajstić information content (AvgIpc) is 2.65. The van der Waals surface area contributed by atoms with Crippen LogP contribution in [-0.4, -0.2) is 49.8 Å². The van der Waals surface area contributed by atoms with E-state index >= 15 is 0 Å². The van der Waals surface area contributed by atoms with Gasteiger partial charge < -0.3 is 25.8 Å². The van der Waals surface area contributed by atoms with Gasteiger partial charge in [-0.2, -0.15) is 4.98 Å². The van der Waals surface area contributed by atoms with Crippen LogP contribution in [0.4, 0.5) is 5.82 Å². The second-order valence-corrected chi connectivity index (χ2v) is 4.62. The maximum absolute atomic E-state index is 12.0. The standard InChI is InChI=1S/C12H17N3O5/c1-2-4-12(10(18)9(17)7(6-16)20-12)15-5-3-8(13)14-11(15)19/h2-3,5,7,9-10,16-18H,1,4,6H2,(H2,13,14,19)/t7-,9-,10-,12-/m1/s1. The van der Waals surface area contributed by atoms with Gasteiger partial charge in [0, 0.05) is 12.6 Å². The van der Waals surface area contributed by atoms with Crippen molar-refractivity contribution in [3.63, 3.8) is 0 Å². The van der Waals surface area contributed by atoms with Gasteiger partial charge in [-0.15, -0.1) is 6.58 Å². The Bertz CT molecular complexity index is 560. The molecule has 1 aromatic heterocycles. The molecular formula is C12H17N3O5. The molecule has 0 unspecified atom stereocenters. The van der Waals surface area contributed by atoms with Crippen LogP contribution in [0.15, 0.2) is 29.7 Å². The summed E-state index contributed by atoms with van der Waals surface area (Å²) in [7, 11) is 0. The monoisotopic (exact) mass is 283 g/mol. The van der Waals surface area contributed by atoms with Gasteiger partial charge in [-0.3, -0.25) is 4.57 Å². The molecule has 1 aliphatic rings. The molecule has 1 fully saturated rings. The average molecular weight is 283 g/mol. The molecule has 0 radical (unpaired) electrons. The molecule has 0 spiro atoms. The summed E-state index contributed by atoms with van der Waals surface area (Å²) < 4.78 is 6.58. The van der Waals surface area contributed by atoms with E-state index in [1.54, 1.807) is 0 Å². The Balaban J connectivity index is 2.55. The van der Waals surface area contributed by atoms with Crippen molar-refractivity contribution in [2.75, 3.05) is 12.3 Å². The van der Waals surface area contributed by atoms with Crippen molar-refractivity contribution in [3.8, 4) is 0 Å². The van der Waals surface area contributed by atoms with E-state index in [0.717, 1.165) is 4.57 Å². The van der Waals surface area contributed by atoms with E-state index in [-0.39, 0.29) is 12.2 Å². The van der Waals surface area contributed by atoms with Crippen molar-refractivity contribution >= 4 is 5.82 Å². The lowest BCUT2D eigenvalue weighted by Crippen LogP contribution is -2.50. The highest BCUT2D eigenvalue weighted by Crippen LogP contribution is 2.37. The van der Waals surface area contributed by atoms with Crippen molar-refractivity contribution < 1.29 is 20.1 Å². The molecule has 0 amide bonds. The summed E-state index contributed by atoms with van der Waals surface area (Å²) in [4.78, 5) is 15.5. The van der Waals surface area contributed by atoms with Gasteiger partial charge in [0.15, 0.2) is 5.72 Å². The highest BCUT2D eigenvalue weighted by atomic mass is 16.6. The predicted octanol–water partition coefficient (Wildman–Crippen LogP) is -1.83. The van der Waals surface area contributed by atoms with E-state index in [4.69, 9.17) is 10.5 Å². The van der Waals surface area contributed by atoms with Gasteiger partial charge in [0.25, 0.3) is 0 Å². The van der Waals surface area contributed by atoms with Crippen molar-refractivity contribution in [1.29, 1.82) is 0 Å². The highest BCUT2D eigenvalue weighted by molar-refractivity contribution is 5.24. The third-order valence-electron chi connectivity index (χ3n) is 3.37. The fourth-order valence-electron chi connectivity index (χ4n) is 2.39. The third kappa shape index (κ3) is 2.12. The van der Waals surface area contributed by atoms with Crippen molar-refractivity contribution in [2.45, 2.75) is 30.5 Å². The number of hydrogen-bond donors (Lipinski definition) is 4. The second kappa shape index (κ2) is 5.33. The first kappa shape index (κ1) is 14.7. The Labute approximate surface area is 114 Å². The number of ether oxygens (including phenoxy) is 1. The molecule has 1 aromatic rings. The van der Waals surface area contributed by atoms with E-state index < -0.39 is 36.3 Å². The van der Waals surface area contributed by atoms with Crippen LogP contribution in [0.5, 0.6) is 0 Å². The molecule has 0 bridgehead atoms. The molecule has 110 valence electrons. The first-order valence-electron chi connectivity index (χ1n) is 6.07.